The first kappa shape index (κ1) is 14.5. The predicted molar refractivity (Wildman–Crippen MR) is 85.5 cm³/mol. The van der Waals surface area contributed by atoms with Gasteiger partial charge in [-0.15, -0.1) is 11.3 Å². The molecule has 7 heteroatoms. The summed E-state index contributed by atoms with van der Waals surface area (Å²) in [4.78, 5) is 30.7. The monoisotopic (exact) mass is 323 g/mol. The van der Waals surface area contributed by atoms with Crippen LogP contribution in [0.25, 0.3) is 0 Å². The zero-order chi connectivity index (χ0) is 15.0. The van der Waals surface area contributed by atoms with E-state index in [2.05, 4.69) is 4.98 Å². The van der Waals surface area contributed by atoms with Gasteiger partial charge in [0.1, 0.15) is 11.5 Å². The summed E-state index contributed by atoms with van der Waals surface area (Å²) < 4.78 is 1.55. The van der Waals surface area contributed by atoms with E-state index >= 15 is 0 Å². The summed E-state index contributed by atoms with van der Waals surface area (Å²) in [5.74, 6) is -0.0228. The molecule has 0 N–H and O–H groups in total. The van der Waals surface area contributed by atoms with Gasteiger partial charge in [0.2, 0.25) is 5.91 Å². The molecule has 0 saturated carbocycles. The van der Waals surface area contributed by atoms with Gasteiger partial charge < -0.3 is 4.90 Å². The molecule has 112 valence electrons. The van der Waals surface area contributed by atoms with E-state index in [9.17, 15) is 9.59 Å². The highest BCUT2D eigenvalue weighted by Gasteiger charge is 2.25. The van der Waals surface area contributed by atoms with Crippen LogP contribution in [-0.4, -0.2) is 22.0 Å². The number of aromatic nitrogens is 2. The van der Waals surface area contributed by atoms with E-state index < -0.39 is 0 Å². The van der Waals surface area contributed by atoms with Crippen LogP contribution >= 0.6 is 22.7 Å². The summed E-state index contributed by atoms with van der Waals surface area (Å²) >= 11 is 2.71. The molecule has 2 aromatic heterocycles. The van der Waals surface area contributed by atoms with E-state index in [1.165, 1.54) is 0 Å². The number of nitrogens with zero attached hydrogens (tertiary/aromatic N) is 3. The topological polar surface area (TPSA) is 55.2 Å². The van der Waals surface area contributed by atoms with Crippen molar-refractivity contribution < 1.29 is 4.79 Å². The average molecular weight is 323 g/mol. The van der Waals surface area contributed by atoms with Gasteiger partial charge in [0, 0.05) is 17.6 Å². The van der Waals surface area contributed by atoms with Gasteiger partial charge in [-0.25, -0.2) is 4.98 Å². The lowest BCUT2D eigenvalue weighted by Gasteiger charge is -2.20. The summed E-state index contributed by atoms with van der Waals surface area (Å²) in [5, 5.41) is 3.75. The minimum absolute atomic E-state index is 0.0228. The fourth-order valence-corrected chi connectivity index (χ4v) is 4.29. The Morgan fingerprint density at radius 2 is 2.19 bits per heavy atom. The molecule has 0 radical (unpaired) electrons. The first-order valence-electron chi connectivity index (χ1n) is 6.98. The summed E-state index contributed by atoms with van der Waals surface area (Å²) in [6.07, 6.45) is 2.96. The largest absolute Gasteiger partial charge is 0.307 e. The normalized spacial score (nSPS) is 14.9. The average Bonchev–Trinajstić information content (AvgIpc) is 2.88. The van der Waals surface area contributed by atoms with Crippen molar-refractivity contribution in [2.45, 2.75) is 39.7 Å². The highest BCUT2D eigenvalue weighted by atomic mass is 32.1. The van der Waals surface area contributed by atoms with Crippen molar-refractivity contribution in [1.29, 1.82) is 0 Å². The highest BCUT2D eigenvalue weighted by Crippen LogP contribution is 2.32. The molecule has 21 heavy (non-hydrogen) atoms. The van der Waals surface area contributed by atoms with Crippen LogP contribution in [0.3, 0.4) is 0 Å². The van der Waals surface area contributed by atoms with Crippen LogP contribution in [-0.2, 0) is 17.8 Å². The van der Waals surface area contributed by atoms with E-state index in [4.69, 9.17) is 0 Å². The molecule has 0 aromatic carbocycles. The van der Waals surface area contributed by atoms with Crippen LogP contribution in [0, 0.1) is 13.8 Å². The SMILES string of the molecule is Cc1nc2c(s1)N(C(=O)Cn1c(C)csc1=O)CCCC2. The zero-order valence-electron chi connectivity index (χ0n) is 12.1. The number of anilines is 1. The Balaban J connectivity index is 1.89. The Bertz CT molecular complexity index is 729. The van der Waals surface area contributed by atoms with Gasteiger partial charge in [-0.05, 0) is 33.1 Å². The molecule has 0 saturated heterocycles. The number of thiazole rings is 2. The fourth-order valence-electron chi connectivity index (χ4n) is 2.55. The molecular formula is C14H17N3O2S2. The van der Waals surface area contributed by atoms with Gasteiger partial charge in [0.05, 0.1) is 10.7 Å². The van der Waals surface area contributed by atoms with Crippen molar-refractivity contribution in [3.8, 4) is 0 Å². The molecule has 5 nitrogen and oxygen atoms in total. The molecule has 3 rings (SSSR count). The quantitative estimate of drug-likeness (QED) is 0.852. The molecule has 1 aliphatic rings. The second-order valence-electron chi connectivity index (χ2n) is 5.22. The van der Waals surface area contributed by atoms with Gasteiger partial charge in [0.25, 0.3) is 0 Å². The van der Waals surface area contributed by atoms with Crippen molar-refractivity contribution in [1.82, 2.24) is 9.55 Å². The number of aryl methyl sites for hydroxylation is 3. The molecule has 0 bridgehead atoms. The molecule has 0 aliphatic carbocycles. The van der Waals surface area contributed by atoms with Crippen LogP contribution in [0.1, 0.15) is 29.2 Å². The van der Waals surface area contributed by atoms with E-state index in [1.54, 1.807) is 21.3 Å². The second-order valence-corrected chi connectivity index (χ2v) is 7.22. The Hall–Kier alpha value is -1.47. The predicted octanol–water partition coefficient (Wildman–Crippen LogP) is 2.35. The smallest absolute Gasteiger partial charge is 0.301 e. The molecule has 0 unspecified atom stereocenters. The molecule has 1 amide bonds. The van der Waals surface area contributed by atoms with Crippen LogP contribution in [0.15, 0.2) is 10.2 Å². The van der Waals surface area contributed by atoms with Crippen LogP contribution < -0.4 is 9.77 Å². The summed E-state index contributed by atoms with van der Waals surface area (Å²) in [6, 6.07) is 0. The first-order valence-corrected chi connectivity index (χ1v) is 8.67. The lowest BCUT2D eigenvalue weighted by atomic mass is 10.2. The van der Waals surface area contributed by atoms with Crippen molar-refractivity contribution in [2.75, 3.05) is 11.4 Å². The Morgan fingerprint density at radius 1 is 1.38 bits per heavy atom. The number of hydrogen-bond donors (Lipinski definition) is 0. The third-order valence-electron chi connectivity index (χ3n) is 3.64. The third-order valence-corrected chi connectivity index (χ3v) is 5.56. The number of fused-ring (bicyclic) bond motifs is 1. The minimum Gasteiger partial charge on any atom is -0.301 e. The maximum absolute atomic E-state index is 12.6. The van der Waals surface area contributed by atoms with Crippen molar-refractivity contribution >= 4 is 33.6 Å². The third kappa shape index (κ3) is 2.80. The molecule has 0 fully saturated rings. The van der Waals surface area contributed by atoms with Gasteiger partial charge >= 0.3 is 4.87 Å². The lowest BCUT2D eigenvalue weighted by molar-refractivity contribution is -0.119. The van der Waals surface area contributed by atoms with Crippen LogP contribution in [0.2, 0.25) is 0 Å². The maximum atomic E-state index is 12.6. The summed E-state index contributed by atoms with van der Waals surface area (Å²) in [7, 11) is 0. The molecule has 0 atom stereocenters. The van der Waals surface area contributed by atoms with E-state index in [-0.39, 0.29) is 17.3 Å². The number of amides is 1. The highest BCUT2D eigenvalue weighted by molar-refractivity contribution is 7.16. The van der Waals surface area contributed by atoms with Crippen molar-refractivity contribution in [3.05, 3.63) is 31.4 Å². The summed E-state index contributed by atoms with van der Waals surface area (Å²) in [6.45, 7) is 4.65. The van der Waals surface area contributed by atoms with Gasteiger partial charge in [0.15, 0.2) is 0 Å². The summed E-state index contributed by atoms with van der Waals surface area (Å²) in [5.41, 5.74) is 1.87. The maximum Gasteiger partial charge on any atom is 0.307 e. The molecule has 0 spiro atoms. The second kappa shape index (κ2) is 5.73. The minimum atomic E-state index is -0.0728. The van der Waals surface area contributed by atoms with Crippen LogP contribution in [0.4, 0.5) is 5.00 Å². The molecular weight excluding hydrogens is 306 g/mol. The molecule has 3 heterocycles. The van der Waals surface area contributed by atoms with E-state index in [0.717, 1.165) is 52.0 Å². The van der Waals surface area contributed by atoms with Gasteiger partial charge in [-0.3, -0.25) is 14.2 Å². The van der Waals surface area contributed by atoms with Crippen molar-refractivity contribution in [3.63, 3.8) is 0 Å². The van der Waals surface area contributed by atoms with Crippen LogP contribution in [0.5, 0.6) is 0 Å². The number of carbonyl (C=O) groups is 1. The Morgan fingerprint density at radius 3 is 2.90 bits per heavy atom. The number of carbonyl (C=O) groups excluding carboxylic acids is 1. The standard InChI is InChI=1S/C14H17N3O2S2/c1-9-8-20-14(19)17(9)7-12(18)16-6-4-3-5-11-13(16)21-10(2)15-11/h8H,3-7H2,1-2H3. The molecule has 1 aliphatic heterocycles. The Kier molecular flexibility index (Phi) is 3.95. The van der Waals surface area contributed by atoms with Gasteiger partial charge in [-0.1, -0.05) is 11.3 Å². The van der Waals surface area contributed by atoms with Gasteiger partial charge in [-0.2, -0.15) is 0 Å². The number of rotatable bonds is 2. The lowest BCUT2D eigenvalue weighted by Crippen LogP contribution is -2.36. The molecule has 2 aromatic rings. The van der Waals surface area contributed by atoms with E-state index in [0.29, 0.717) is 6.54 Å². The van der Waals surface area contributed by atoms with E-state index in [1.807, 2.05) is 18.7 Å². The Labute approximate surface area is 130 Å². The fraction of sp³-hybridized carbons (Fsp3) is 0.500. The first-order chi connectivity index (χ1) is 10.1. The zero-order valence-corrected chi connectivity index (χ0v) is 13.7. The van der Waals surface area contributed by atoms with Crippen molar-refractivity contribution in [2.24, 2.45) is 0 Å². The number of hydrogen-bond acceptors (Lipinski definition) is 5.